The number of hydrogen-bond donors (Lipinski definition) is 1. The Kier molecular flexibility index (Phi) is 3.61. The van der Waals surface area contributed by atoms with E-state index in [2.05, 4.69) is 0 Å². The second-order valence-corrected chi connectivity index (χ2v) is 6.13. The average molecular weight is 320 g/mol. The fourth-order valence-electron chi connectivity index (χ4n) is 2.00. The van der Waals surface area contributed by atoms with Crippen LogP contribution in [-0.4, -0.2) is 9.67 Å². The number of hydrogen-bond acceptors (Lipinski definition) is 3. The molecule has 0 saturated carbocycles. The summed E-state index contributed by atoms with van der Waals surface area (Å²) in [7, 11) is 0. The van der Waals surface area contributed by atoms with Crippen molar-refractivity contribution in [3.63, 3.8) is 0 Å². The molecule has 1 aromatic heterocycles. The zero-order chi connectivity index (χ0) is 14.1. The fraction of sp³-hybridized carbons (Fsp3) is 0. The smallest absolute Gasteiger partial charge is 0.166 e. The monoisotopic (exact) mass is 319 g/mol. The lowest BCUT2D eigenvalue weighted by Gasteiger charge is -2.10. The Labute approximate surface area is 130 Å². The van der Waals surface area contributed by atoms with Gasteiger partial charge in [-0.15, -0.1) is 11.3 Å². The molecular weight excluding hydrogens is 310 g/mol. The number of para-hydroxylation sites is 1. The normalized spacial score (nSPS) is 10.7. The van der Waals surface area contributed by atoms with Crippen LogP contribution in [0.3, 0.4) is 0 Å². The number of phenolic OH excluding ortho intramolecular Hbond substituents is 1. The number of thiazole rings is 1. The Bertz CT molecular complexity index is 805. The number of aromatic nitrogens is 1. The van der Waals surface area contributed by atoms with Crippen molar-refractivity contribution in [2.24, 2.45) is 0 Å². The first-order chi connectivity index (χ1) is 9.66. The van der Waals surface area contributed by atoms with Gasteiger partial charge in [-0.1, -0.05) is 23.7 Å². The molecule has 1 heterocycles. The molecule has 0 unspecified atom stereocenters. The van der Waals surface area contributed by atoms with Gasteiger partial charge in [-0.3, -0.25) is 4.57 Å². The van der Waals surface area contributed by atoms with Crippen LogP contribution in [0.4, 0.5) is 0 Å². The van der Waals surface area contributed by atoms with Gasteiger partial charge in [0.25, 0.3) is 0 Å². The summed E-state index contributed by atoms with van der Waals surface area (Å²) in [6.45, 7) is 0. The van der Waals surface area contributed by atoms with Gasteiger partial charge < -0.3 is 5.11 Å². The first kappa shape index (κ1) is 13.4. The summed E-state index contributed by atoms with van der Waals surface area (Å²) in [6, 6.07) is 14.6. The van der Waals surface area contributed by atoms with Crippen LogP contribution in [0, 0.1) is 3.95 Å². The predicted molar refractivity (Wildman–Crippen MR) is 86.6 cm³/mol. The highest BCUT2D eigenvalue weighted by Crippen LogP contribution is 2.31. The van der Waals surface area contributed by atoms with Crippen molar-refractivity contribution in [1.29, 1.82) is 0 Å². The molecular formula is C15H10ClNOS2. The van der Waals surface area contributed by atoms with Crippen molar-refractivity contribution in [3.05, 3.63) is 62.9 Å². The van der Waals surface area contributed by atoms with E-state index in [0.29, 0.717) is 5.02 Å². The molecule has 1 N–H and O–H groups in total. The van der Waals surface area contributed by atoms with Crippen molar-refractivity contribution in [3.8, 4) is 22.7 Å². The molecule has 0 radical (unpaired) electrons. The highest BCUT2D eigenvalue weighted by atomic mass is 35.5. The molecule has 100 valence electrons. The Morgan fingerprint density at radius 2 is 1.75 bits per heavy atom. The Morgan fingerprint density at radius 1 is 1.05 bits per heavy atom. The van der Waals surface area contributed by atoms with Crippen LogP contribution in [-0.2, 0) is 0 Å². The van der Waals surface area contributed by atoms with Gasteiger partial charge in [0.1, 0.15) is 5.75 Å². The lowest BCUT2D eigenvalue weighted by molar-refractivity contribution is 0.475. The molecule has 0 amide bonds. The maximum Gasteiger partial charge on any atom is 0.166 e. The number of rotatable bonds is 2. The number of nitrogens with zero attached hydrogens (tertiary/aromatic N) is 1. The Hall–Kier alpha value is -1.62. The van der Waals surface area contributed by atoms with Crippen molar-refractivity contribution in [2.75, 3.05) is 0 Å². The predicted octanol–water partition coefficient (Wildman–Crippen LogP) is 5.29. The first-order valence-electron chi connectivity index (χ1n) is 5.91. The van der Waals surface area contributed by atoms with Gasteiger partial charge in [0, 0.05) is 5.38 Å². The summed E-state index contributed by atoms with van der Waals surface area (Å²) in [4.78, 5) is 0. The summed E-state index contributed by atoms with van der Waals surface area (Å²) >= 11 is 13.2. The first-order valence-corrected chi connectivity index (χ1v) is 7.58. The number of phenols is 1. The summed E-state index contributed by atoms with van der Waals surface area (Å²) < 4.78 is 2.69. The quantitative estimate of drug-likeness (QED) is 0.649. The molecule has 0 saturated heterocycles. The van der Waals surface area contributed by atoms with Crippen LogP contribution in [0.15, 0.2) is 53.9 Å². The molecule has 2 aromatic carbocycles. The van der Waals surface area contributed by atoms with E-state index < -0.39 is 0 Å². The van der Waals surface area contributed by atoms with Crippen LogP contribution in [0.1, 0.15) is 0 Å². The minimum Gasteiger partial charge on any atom is -0.508 e. The molecule has 0 aliphatic carbocycles. The summed E-state index contributed by atoms with van der Waals surface area (Å²) in [5.74, 6) is 0.242. The van der Waals surface area contributed by atoms with Gasteiger partial charge in [0.2, 0.25) is 0 Å². The average Bonchev–Trinajstić information content (AvgIpc) is 2.82. The minimum atomic E-state index is 0.242. The third-order valence-corrected chi connectivity index (χ3v) is 4.47. The Balaban J connectivity index is 2.23. The molecule has 0 atom stereocenters. The van der Waals surface area contributed by atoms with Crippen molar-refractivity contribution >= 4 is 35.2 Å². The molecule has 0 spiro atoms. The van der Waals surface area contributed by atoms with Gasteiger partial charge in [-0.05, 0) is 54.2 Å². The fourth-order valence-corrected chi connectivity index (χ4v) is 3.32. The third-order valence-electron chi connectivity index (χ3n) is 2.95. The second-order valence-electron chi connectivity index (χ2n) is 4.22. The van der Waals surface area contributed by atoms with E-state index in [1.54, 1.807) is 12.1 Å². The van der Waals surface area contributed by atoms with Gasteiger partial charge in [0.05, 0.1) is 16.4 Å². The van der Waals surface area contributed by atoms with Gasteiger partial charge in [0.15, 0.2) is 3.95 Å². The molecule has 0 bridgehead atoms. The molecule has 0 aliphatic rings. The lowest BCUT2D eigenvalue weighted by atomic mass is 10.1. The largest absolute Gasteiger partial charge is 0.508 e. The number of benzene rings is 2. The summed E-state index contributed by atoms with van der Waals surface area (Å²) in [5, 5.41) is 12.0. The van der Waals surface area contributed by atoms with Crippen LogP contribution < -0.4 is 0 Å². The van der Waals surface area contributed by atoms with Gasteiger partial charge in [-0.25, -0.2) is 0 Å². The van der Waals surface area contributed by atoms with E-state index in [1.165, 1.54) is 11.3 Å². The topological polar surface area (TPSA) is 25.2 Å². The molecule has 3 aromatic rings. The van der Waals surface area contributed by atoms with Crippen molar-refractivity contribution < 1.29 is 5.11 Å². The van der Waals surface area contributed by atoms with Crippen molar-refractivity contribution in [1.82, 2.24) is 4.57 Å². The molecule has 0 aliphatic heterocycles. The van der Waals surface area contributed by atoms with Gasteiger partial charge >= 0.3 is 0 Å². The van der Waals surface area contributed by atoms with E-state index in [9.17, 15) is 5.11 Å². The van der Waals surface area contributed by atoms with Crippen LogP contribution in [0.25, 0.3) is 16.9 Å². The lowest BCUT2D eigenvalue weighted by Crippen LogP contribution is -1.97. The Morgan fingerprint density at radius 3 is 2.45 bits per heavy atom. The molecule has 0 fully saturated rings. The molecule has 3 rings (SSSR count). The van der Waals surface area contributed by atoms with E-state index in [1.807, 2.05) is 46.3 Å². The second kappa shape index (κ2) is 5.40. The maximum atomic E-state index is 9.39. The minimum absolute atomic E-state index is 0.242. The van der Waals surface area contributed by atoms with Crippen LogP contribution >= 0.6 is 35.2 Å². The van der Waals surface area contributed by atoms with Gasteiger partial charge in [-0.2, -0.15) is 0 Å². The summed E-state index contributed by atoms with van der Waals surface area (Å²) in [5.41, 5.74) is 2.81. The molecule has 20 heavy (non-hydrogen) atoms. The zero-order valence-corrected chi connectivity index (χ0v) is 12.7. The van der Waals surface area contributed by atoms with Crippen molar-refractivity contribution in [2.45, 2.75) is 0 Å². The van der Waals surface area contributed by atoms with E-state index in [0.717, 1.165) is 20.9 Å². The SMILES string of the molecule is Oc1ccc(-c2csc(=S)n2-c2ccccc2Cl)cc1. The molecule has 2 nitrogen and oxygen atoms in total. The third kappa shape index (κ3) is 2.38. The highest BCUT2D eigenvalue weighted by Gasteiger charge is 2.11. The standard InChI is InChI=1S/C15H10ClNOS2/c16-12-3-1-2-4-13(12)17-14(9-20-15(17)19)10-5-7-11(18)8-6-10/h1-9,18H. The van der Waals surface area contributed by atoms with Crippen LogP contribution in [0.2, 0.25) is 5.02 Å². The number of halogens is 1. The van der Waals surface area contributed by atoms with E-state index in [-0.39, 0.29) is 5.75 Å². The number of aromatic hydroxyl groups is 1. The zero-order valence-electron chi connectivity index (χ0n) is 10.3. The van der Waals surface area contributed by atoms with E-state index in [4.69, 9.17) is 23.8 Å². The molecule has 5 heteroatoms. The maximum absolute atomic E-state index is 9.39. The summed E-state index contributed by atoms with van der Waals surface area (Å²) in [6.07, 6.45) is 0. The van der Waals surface area contributed by atoms with E-state index >= 15 is 0 Å². The van der Waals surface area contributed by atoms with Crippen LogP contribution in [0.5, 0.6) is 5.75 Å². The highest BCUT2D eigenvalue weighted by molar-refractivity contribution is 7.73.